The lowest BCUT2D eigenvalue weighted by atomic mass is 10.3. The molecule has 0 aliphatic rings. The molecule has 2 rings (SSSR count). The number of rotatable bonds is 6. The Hall–Kier alpha value is -2.04. The van der Waals surface area contributed by atoms with Crippen LogP contribution in [0.4, 0.5) is 5.82 Å². The van der Waals surface area contributed by atoms with Crippen molar-refractivity contribution in [1.29, 1.82) is 0 Å². The SMILES string of the molecule is CCCNc1ccc(Cn2ccn(CC)c2=O)cn1. The fourth-order valence-electron chi connectivity index (χ4n) is 1.89. The Bertz CT molecular complexity index is 568. The average Bonchev–Trinajstić information content (AvgIpc) is 2.79. The fraction of sp³-hybridized carbons (Fsp3) is 0.429. The second-order valence-electron chi connectivity index (χ2n) is 4.47. The molecule has 0 radical (unpaired) electrons. The van der Waals surface area contributed by atoms with Gasteiger partial charge in [0.25, 0.3) is 0 Å². The monoisotopic (exact) mass is 260 g/mol. The third kappa shape index (κ3) is 3.24. The first-order chi connectivity index (χ1) is 9.24. The largest absolute Gasteiger partial charge is 0.370 e. The van der Waals surface area contributed by atoms with E-state index in [0.717, 1.165) is 24.3 Å². The van der Waals surface area contributed by atoms with Crippen LogP contribution in [0.1, 0.15) is 25.8 Å². The molecule has 2 aromatic heterocycles. The molecule has 102 valence electrons. The number of anilines is 1. The van der Waals surface area contributed by atoms with Crippen LogP contribution in [-0.2, 0) is 13.1 Å². The number of pyridine rings is 1. The number of aryl methyl sites for hydroxylation is 1. The normalized spacial score (nSPS) is 10.6. The molecule has 5 heteroatoms. The molecule has 0 saturated heterocycles. The van der Waals surface area contributed by atoms with Crippen molar-refractivity contribution in [2.45, 2.75) is 33.4 Å². The van der Waals surface area contributed by atoms with Crippen molar-refractivity contribution in [3.8, 4) is 0 Å². The van der Waals surface area contributed by atoms with Gasteiger partial charge in [0.2, 0.25) is 0 Å². The molecule has 2 heterocycles. The molecule has 0 atom stereocenters. The van der Waals surface area contributed by atoms with Crippen LogP contribution in [0.15, 0.2) is 35.5 Å². The van der Waals surface area contributed by atoms with Crippen molar-refractivity contribution < 1.29 is 0 Å². The number of hydrogen-bond acceptors (Lipinski definition) is 3. The highest BCUT2D eigenvalue weighted by molar-refractivity contribution is 5.35. The summed E-state index contributed by atoms with van der Waals surface area (Å²) in [4.78, 5) is 16.2. The number of hydrogen-bond donors (Lipinski definition) is 1. The van der Waals surface area contributed by atoms with Gasteiger partial charge in [-0.15, -0.1) is 0 Å². The molecule has 0 aliphatic carbocycles. The second-order valence-corrected chi connectivity index (χ2v) is 4.47. The standard InChI is InChI=1S/C14H20N4O/c1-3-7-15-13-6-5-12(10-16-13)11-18-9-8-17(4-2)14(18)19/h5-6,8-10H,3-4,7,11H2,1-2H3,(H,15,16). The van der Waals surface area contributed by atoms with Gasteiger partial charge in [0.1, 0.15) is 5.82 Å². The lowest BCUT2D eigenvalue weighted by molar-refractivity contribution is 0.667. The summed E-state index contributed by atoms with van der Waals surface area (Å²) in [5.74, 6) is 0.879. The maximum atomic E-state index is 11.9. The van der Waals surface area contributed by atoms with Crippen LogP contribution in [0.3, 0.4) is 0 Å². The van der Waals surface area contributed by atoms with Gasteiger partial charge in [-0.2, -0.15) is 0 Å². The van der Waals surface area contributed by atoms with E-state index in [0.29, 0.717) is 13.1 Å². The predicted octanol–water partition coefficient (Wildman–Crippen LogP) is 1.93. The van der Waals surface area contributed by atoms with Gasteiger partial charge in [-0.05, 0) is 25.0 Å². The van der Waals surface area contributed by atoms with Gasteiger partial charge in [0.15, 0.2) is 0 Å². The van der Waals surface area contributed by atoms with Gasteiger partial charge >= 0.3 is 5.69 Å². The Labute approximate surface area is 112 Å². The van der Waals surface area contributed by atoms with E-state index in [1.54, 1.807) is 9.13 Å². The number of imidazole rings is 1. The summed E-state index contributed by atoms with van der Waals surface area (Å²) in [6, 6.07) is 3.95. The Balaban J connectivity index is 2.06. The van der Waals surface area contributed by atoms with E-state index in [4.69, 9.17) is 0 Å². The highest BCUT2D eigenvalue weighted by atomic mass is 16.1. The molecule has 0 spiro atoms. The number of aromatic nitrogens is 3. The smallest absolute Gasteiger partial charge is 0.328 e. The van der Waals surface area contributed by atoms with Crippen LogP contribution < -0.4 is 11.0 Å². The summed E-state index contributed by atoms with van der Waals surface area (Å²) in [6.07, 6.45) is 6.51. The summed E-state index contributed by atoms with van der Waals surface area (Å²) in [6.45, 7) is 6.26. The first-order valence-electron chi connectivity index (χ1n) is 6.69. The molecular weight excluding hydrogens is 240 g/mol. The van der Waals surface area contributed by atoms with E-state index in [1.165, 1.54) is 0 Å². The number of nitrogens with one attached hydrogen (secondary N) is 1. The Morgan fingerprint density at radius 3 is 2.58 bits per heavy atom. The van der Waals surface area contributed by atoms with Crippen LogP contribution in [0.2, 0.25) is 0 Å². The minimum Gasteiger partial charge on any atom is -0.370 e. The third-order valence-electron chi connectivity index (χ3n) is 2.99. The summed E-state index contributed by atoms with van der Waals surface area (Å²) >= 11 is 0. The molecule has 0 bridgehead atoms. The first kappa shape index (κ1) is 13.4. The molecule has 5 nitrogen and oxygen atoms in total. The van der Waals surface area contributed by atoms with Crippen LogP contribution in [0.5, 0.6) is 0 Å². The average molecular weight is 260 g/mol. The van der Waals surface area contributed by atoms with Crippen molar-refractivity contribution in [3.63, 3.8) is 0 Å². The van der Waals surface area contributed by atoms with E-state index in [2.05, 4.69) is 17.2 Å². The Kier molecular flexibility index (Phi) is 4.39. The highest BCUT2D eigenvalue weighted by Gasteiger charge is 2.03. The number of nitrogens with zero attached hydrogens (tertiary/aromatic N) is 3. The molecular formula is C14H20N4O. The summed E-state index contributed by atoms with van der Waals surface area (Å²) in [5, 5.41) is 3.23. The molecule has 0 fully saturated rings. The van der Waals surface area contributed by atoms with Gasteiger partial charge in [-0.25, -0.2) is 9.78 Å². The van der Waals surface area contributed by atoms with E-state index in [1.807, 2.05) is 37.6 Å². The molecule has 1 N–H and O–H groups in total. The van der Waals surface area contributed by atoms with Crippen LogP contribution in [-0.4, -0.2) is 20.7 Å². The van der Waals surface area contributed by atoms with Crippen molar-refractivity contribution in [2.24, 2.45) is 0 Å². The van der Waals surface area contributed by atoms with Crippen molar-refractivity contribution in [1.82, 2.24) is 14.1 Å². The summed E-state index contributed by atoms with van der Waals surface area (Å²) < 4.78 is 3.38. The van der Waals surface area contributed by atoms with Gasteiger partial charge in [0.05, 0.1) is 6.54 Å². The van der Waals surface area contributed by atoms with Crippen LogP contribution in [0, 0.1) is 0 Å². The van der Waals surface area contributed by atoms with E-state index < -0.39 is 0 Å². The zero-order valence-electron chi connectivity index (χ0n) is 11.5. The minimum absolute atomic E-state index is 0.0238. The quantitative estimate of drug-likeness (QED) is 0.863. The van der Waals surface area contributed by atoms with Crippen LogP contribution >= 0.6 is 0 Å². The van der Waals surface area contributed by atoms with Gasteiger partial charge < -0.3 is 5.32 Å². The summed E-state index contributed by atoms with van der Waals surface area (Å²) in [5.41, 5.74) is 1.05. The molecule has 19 heavy (non-hydrogen) atoms. The predicted molar refractivity (Wildman–Crippen MR) is 76.5 cm³/mol. The molecule has 0 aromatic carbocycles. The van der Waals surface area contributed by atoms with Gasteiger partial charge in [-0.1, -0.05) is 13.0 Å². The topological polar surface area (TPSA) is 51.9 Å². The highest BCUT2D eigenvalue weighted by Crippen LogP contribution is 2.06. The molecule has 0 amide bonds. The molecule has 0 aliphatic heterocycles. The lowest BCUT2D eigenvalue weighted by Gasteiger charge is -2.05. The lowest BCUT2D eigenvalue weighted by Crippen LogP contribution is -2.23. The van der Waals surface area contributed by atoms with Gasteiger partial charge in [0, 0.05) is 31.7 Å². The molecule has 0 saturated carbocycles. The van der Waals surface area contributed by atoms with Crippen molar-refractivity contribution >= 4 is 5.82 Å². The van der Waals surface area contributed by atoms with E-state index in [-0.39, 0.29) is 5.69 Å². The molecule has 0 unspecified atom stereocenters. The van der Waals surface area contributed by atoms with Gasteiger partial charge in [-0.3, -0.25) is 9.13 Å². The van der Waals surface area contributed by atoms with E-state index in [9.17, 15) is 4.79 Å². The summed E-state index contributed by atoms with van der Waals surface area (Å²) in [7, 11) is 0. The minimum atomic E-state index is 0.0238. The maximum Gasteiger partial charge on any atom is 0.328 e. The second kappa shape index (κ2) is 6.22. The third-order valence-corrected chi connectivity index (χ3v) is 2.99. The fourth-order valence-corrected chi connectivity index (χ4v) is 1.89. The van der Waals surface area contributed by atoms with Crippen molar-refractivity contribution in [3.05, 3.63) is 46.8 Å². The van der Waals surface area contributed by atoms with Crippen molar-refractivity contribution in [2.75, 3.05) is 11.9 Å². The van der Waals surface area contributed by atoms with E-state index >= 15 is 0 Å². The molecule has 2 aromatic rings. The van der Waals surface area contributed by atoms with Crippen LogP contribution in [0.25, 0.3) is 0 Å². The Morgan fingerprint density at radius 2 is 2.00 bits per heavy atom. The zero-order valence-corrected chi connectivity index (χ0v) is 11.5. The maximum absolute atomic E-state index is 11.9. The first-order valence-corrected chi connectivity index (χ1v) is 6.69. The zero-order chi connectivity index (χ0) is 13.7. The Morgan fingerprint density at radius 1 is 1.21 bits per heavy atom.